The number of amides is 5. The highest BCUT2D eigenvalue weighted by molar-refractivity contribution is 7.17. The van der Waals surface area contributed by atoms with Gasteiger partial charge in [0, 0.05) is 17.5 Å². The number of aromatic hydroxyl groups is 1. The third-order valence-corrected chi connectivity index (χ3v) is 14.8. The van der Waals surface area contributed by atoms with Crippen molar-refractivity contribution in [2.75, 3.05) is 6.54 Å². The number of thiophene rings is 1. The summed E-state index contributed by atoms with van der Waals surface area (Å²) in [6.07, 6.45) is -3.74. The molecule has 6 aromatic rings. The van der Waals surface area contributed by atoms with Gasteiger partial charge in [-0.2, -0.15) is 0 Å². The standard InChI is InChI=1S/C57H62N6O10S/c1-34(71-57(37-17-7-4-8-18-37,38-19-9-5-10-20-38)39-21-11-6-12-22-39)46-53(68)63-47-48(70-55-49(47)72-56(2,3)73-55)54(69)61-43(31-35-26-28-40(64)29-27-35)51(66)60-44(32-36-33-74-45-25-14-13-23-41(36)45)52(67)59-42(50(65)62-46)24-15-16-30-58/h4-14,17-23,25-29,33-34,42-44,46-49,55,64H,15-16,24,30-32,58H2,1-3H3,(H,59,67)(H,60,66)(H,61,69)(H,62,65)(H,63,68)/t34?,42?,43?,44-,46?,47?,48-,49?,55?/m0/s1. The van der Waals surface area contributed by atoms with Gasteiger partial charge >= 0.3 is 0 Å². The van der Waals surface area contributed by atoms with Gasteiger partial charge in [-0.3, -0.25) is 24.0 Å². The number of unbranched alkanes of at least 4 members (excludes halogenated alkanes) is 1. The first-order valence-electron chi connectivity index (χ1n) is 25.0. The summed E-state index contributed by atoms with van der Waals surface area (Å²) in [5.74, 6) is -4.80. The van der Waals surface area contributed by atoms with Crippen LogP contribution in [0.15, 0.2) is 145 Å². The summed E-state index contributed by atoms with van der Waals surface area (Å²) in [5.41, 5.74) is 8.19. The highest BCUT2D eigenvalue weighted by atomic mass is 32.1. The summed E-state index contributed by atoms with van der Waals surface area (Å²) in [6.45, 7) is 5.38. The number of benzene rings is 5. The van der Waals surface area contributed by atoms with Crippen LogP contribution in [-0.2, 0) is 61.4 Å². The monoisotopic (exact) mass is 1020 g/mol. The summed E-state index contributed by atoms with van der Waals surface area (Å²) in [7, 11) is 0. The van der Waals surface area contributed by atoms with E-state index in [0.29, 0.717) is 24.9 Å². The molecule has 0 spiro atoms. The van der Waals surface area contributed by atoms with Crippen molar-refractivity contribution in [3.63, 3.8) is 0 Å². The Bertz CT molecular complexity index is 2830. The molecular weight excluding hydrogens is 961 g/mol. The molecule has 5 aromatic carbocycles. The van der Waals surface area contributed by atoms with Gasteiger partial charge in [0.1, 0.15) is 41.6 Å². The second kappa shape index (κ2) is 22.6. The van der Waals surface area contributed by atoms with Crippen LogP contribution in [0.25, 0.3) is 10.1 Å². The molecular formula is C57H62N6O10S. The van der Waals surface area contributed by atoms with Crippen molar-refractivity contribution in [1.29, 1.82) is 0 Å². The second-order valence-corrected chi connectivity index (χ2v) is 20.4. The van der Waals surface area contributed by atoms with Gasteiger partial charge in [-0.1, -0.05) is 121 Å². The Kier molecular flexibility index (Phi) is 15.9. The van der Waals surface area contributed by atoms with E-state index < -0.39 is 95.7 Å². The number of ether oxygens (including phenoxy) is 4. The Morgan fingerprint density at radius 2 is 1.20 bits per heavy atom. The van der Waals surface area contributed by atoms with E-state index in [1.54, 1.807) is 32.9 Å². The van der Waals surface area contributed by atoms with Gasteiger partial charge in [-0.25, -0.2) is 0 Å². The number of nitrogens with two attached hydrogens (primary N) is 1. The minimum atomic E-state index is -1.49. The van der Waals surface area contributed by atoms with Crippen molar-refractivity contribution in [3.8, 4) is 5.75 Å². The minimum Gasteiger partial charge on any atom is -0.508 e. The van der Waals surface area contributed by atoms with E-state index in [1.165, 1.54) is 23.5 Å². The van der Waals surface area contributed by atoms with E-state index in [0.717, 1.165) is 32.3 Å². The number of carbonyl (C=O) groups excluding carboxylic acids is 5. The first-order valence-corrected chi connectivity index (χ1v) is 25.9. The van der Waals surface area contributed by atoms with E-state index in [1.807, 2.05) is 121 Å². The maximum atomic E-state index is 15.5. The lowest BCUT2D eigenvalue weighted by atomic mass is 9.79. The summed E-state index contributed by atoms with van der Waals surface area (Å²) >= 11 is 1.49. The molecule has 3 aliphatic rings. The van der Waals surface area contributed by atoms with Crippen molar-refractivity contribution in [2.24, 2.45) is 5.73 Å². The molecule has 3 aliphatic heterocycles. The molecule has 9 atom stereocenters. The lowest BCUT2D eigenvalue weighted by Crippen LogP contribution is -2.64. The Morgan fingerprint density at radius 3 is 1.82 bits per heavy atom. The van der Waals surface area contributed by atoms with Crippen molar-refractivity contribution < 1.29 is 48.0 Å². The molecule has 386 valence electrons. The van der Waals surface area contributed by atoms with Crippen LogP contribution in [0.5, 0.6) is 5.75 Å². The first-order chi connectivity index (χ1) is 35.7. The Balaban J connectivity index is 1.15. The molecule has 0 radical (unpaired) electrons. The Hall–Kier alpha value is -6.99. The number of fused-ring (bicyclic) bond motifs is 4. The molecule has 3 fully saturated rings. The lowest BCUT2D eigenvalue weighted by Gasteiger charge is -2.40. The van der Waals surface area contributed by atoms with Gasteiger partial charge in [-0.05, 0) is 103 Å². The highest BCUT2D eigenvalue weighted by Gasteiger charge is 2.58. The van der Waals surface area contributed by atoms with Crippen LogP contribution in [0.2, 0.25) is 0 Å². The third-order valence-electron chi connectivity index (χ3n) is 13.8. The quantitative estimate of drug-likeness (QED) is 0.0552. The zero-order valence-electron chi connectivity index (χ0n) is 41.4. The number of nitrogens with one attached hydrogen (secondary N) is 5. The molecule has 74 heavy (non-hydrogen) atoms. The van der Waals surface area contributed by atoms with E-state index in [4.69, 9.17) is 24.7 Å². The molecule has 7 unspecified atom stereocenters. The molecule has 5 amide bonds. The van der Waals surface area contributed by atoms with E-state index in [-0.39, 0.29) is 25.0 Å². The lowest BCUT2D eigenvalue weighted by molar-refractivity contribution is -0.208. The summed E-state index contributed by atoms with van der Waals surface area (Å²) in [5, 5.41) is 27.7. The summed E-state index contributed by atoms with van der Waals surface area (Å²) in [6, 6.07) is 36.1. The van der Waals surface area contributed by atoms with Crippen LogP contribution >= 0.6 is 11.3 Å². The molecule has 17 heteroatoms. The smallest absolute Gasteiger partial charge is 0.252 e. The number of carbonyl (C=O) groups is 5. The molecule has 1 aromatic heterocycles. The minimum absolute atomic E-state index is 0.00122. The van der Waals surface area contributed by atoms with Crippen LogP contribution in [0.1, 0.15) is 67.9 Å². The van der Waals surface area contributed by atoms with Gasteiger partial charge in [0.05, 0.1) is 12.1 Å². The Labute approximate surface area is 433 Å². The summed E-state index contributed by atoms with van der Waals surface area (Å²) in [4.78, 5) is 75.1. The maximum absolute atomic E-state index is 15.5. The van der Waals surface area contributed by atoms with Crippen LogP contribution in [0.3, 0.4) is 0 Å². The molecule has 16 nitrogen and oxygen atoms in total. The zero-order valence-corrected chi connectivity index (χ0v) is 42.2. The average molecular weight is 1020 g/mol. The molecule has 3 saturated heterocycles. The number of hydrogen-bond acceptors (Lipinski definition) is 12. The van der Waals surface area contributed by atoms with Crippen LogP contribution in [-0.4, -0.2) is 102 Å². The number of hydrogen-bond donors (Lipinski definition) is 7. The second-order valence-electron chi connectivity index (χ2n) is 19.4. The normalized spacial score (nSPS) is 24.9. The topological polar surface area (TPSA) is 229 Å². The molecule has 9 rings (SSSR count). The van der Waals surface area contributed by atoms with Crippen LogP contribution in [0.4, 0.5) is 0 Å². The zero-order chi connectivity index (χ0) is 52.0. The van der Waals surface area contributed by atoms with E-state index in [9.17, 15) is 19.5 Å². The number of phenols is 1. The SMILES string of the molecule is CC(OC(c1ccccc1)(c1ccccc1)c1ccccc1)C1NC(=O)C(CCCCN)NC(=O)[C@H](Cc2csc3ccccc23)NC(=O)C(Cc2ccc(O)cc2)NC(=O)[C@H]2OC3OC(C)(C)OC3C2NC1=O. The Morgan fingerprint density at radius 1 is 0.649 bits per heavy atom. The fraction of sp³-hybridized carbons (Fsp3) is 0.351. The van der Waals surface area contributed by atoms with Crippen molar-refractivity contribution in [3.05, 3.63) is 173 Å². The molecule has 0 saturated carbocycles. The van der Waals surface area contributed by atoms with Crippen LogP contribution in [0, 0.1) is 0 Å². The number of rotatable bonds is 14. The summed E-state index contributed by atoms with van der Waals surface area (Å²) < 4.78 is 27.1. The largest absolute Gasteiger partial charge is 0.508 e. The van der Waals surface area contributed by atoms with Gasteiger partial charge in [0.25, 0.3) is 5.91 Å². The fourth-order valence-electron chi connectivity index (χ4n) is 10.1. The number of phenolic OH excluding ortho intramolecular Hbond substituents is 1. The fourth-order valence-corrected chi connectivity index (χ4v) is 11.1. The predicted molar refractivity (Wildman–Crippen MR) is 278 cm³/mol. The van der Waals surface area contributed by atoms with E-state index >= 15 is 9.59 Å². The van der Waals surface area contributed by atoms with Crippen molar-refractivity contribution >= 4 is 51.0 Å². The molecule has 4 heterocycles. The van der Waals surface area contributed by atoms with Gasteiger partial charge in [0.2, 0.25) is 23.6 Å². The molecule has 8 N–H and O–H groups in total. The van der Waals surface area contributed by atoms with Gasteiger partial charge in [-0.15, -0.1) is 11.3 Å². The maximum Gasteiger partial charge on any atom is 0.252 e. The van der Waals surface area contributed by atoms with Gasteiger partial charge in [0.15, 0.2) is 18.2 Å². The van der Waals surface area contributed by atoms with Crippen LogP contribution < -0.4 is 32.3 Å². The highest BCUT2D eigenvalue weighted by Crippen LogP contribution is 2.42. The molecule has 0 aliphatic carbocycles. The first kappa shape index (κ1) is 51.9. The molecule has 0 bridgehead atoms. The van der Waals surface area contributed by atoms with Gasteiger partial charge < -0.3 is 56.4 Å². The van der Waals surface area contributed by atoms with E-state index in [2.05, 4.69) is 26.6 Å². The third kappa shape index (κ3) is 11.4. The average Bonchev–Trinajstić information content (AvgIpc) is 4.07. The van der Waals surface area contributed by atoms with Crippen molar-refractivity contribution in [2.45, 2.75) is 119 Å². The van der Waals surface area contributed by atoms with Crippen molar-refractivity contribution in [1.82, 2.24) is 26.6 Å². The predicted octanol–water partition coefficient (Wildman–Crippen LogP) is 5.23.